The van der Waals surface area contributed by atoms with Crippen molar-refractivity contribution in [3.05, 3.63) is 53.8 Å². The first-order valence-electron chi connectivity index (χ1n) is 8.26. The zero-order chi connectivity index (χ0) is 17.8. The number of ether oxygens (including phenoxy) is 1. The van der Waals surface area contributed by atoms with Crippen molar-refractivity contribution < 1.29 is 13.9 Å². The summed E-state index contributed by atoms with van der Waals surface area (Å²) in [5.74, 6) is -0.778. The molecule has 0 radical (unpaired) electrons. The van der Waals surface area contributed by atoms with Crippen molar-refractivity contribution in [1.29, 1.82) is 0 Å². The normalized spacial score (nSPS) is 15.1. The van der Waals surface area contributed by atoms with Crippen LogP contribution in [0.1, 0.15) is 10.4 Å². The van der Waals surface area contributed by atoms with E-state index in [1.165, 1.54) is 19.2 Å². The molecule has 0 aliphatic carbocycles. The van der Waals surface area contributed by atoms with Gasteiger partial charge in [0, 0.05) is 31.7 Å². The third kappa shape index (κ3) is 3.91. The van der Waals surface area contributed by atoms with Gasteiger partial charge >= 0.3 is 0 Å². The minimum atomic E-state index is -0.553. The molecule has 132 valence electrons. The summed E-state index contributed by atoms with van der Waals surface area (Å²) in [6.45, 7) is 3.76. The third-order valence-electron chi connectivity index (χ3n) is 4.41. The number of nitrogens with zero attached hydrogens (tertiary/aromatic N) is 2. The second kappa shape index (κ2) is 7.53. The van der Waals surface area contributed by atoms with Crippen molar-refractivity contribution in [3.8, 4) is 5.75 Å². The highest BCUT2D eigenvalue weighted by molar-refractivity contribution is 6.06. The van der Waals surface area contributed by atoms with Crippen LogP contribution in [-0.2, 0) is 0 Å². The Labute approximate surface area is 147 Å². The number of hydrogen-bond donors (Lipinski definition) is 1. The Morgan fingerprint density at radius 1 is 1.12 bits per heavy atom. The van der Waals surface area contributed by atoms with E-state index in [-0.39, 0.29) is 17.2 Å². The van der Waals surface area contributed by atoms with E-state index >= 15 is 0 Å². The topological polar surface area (TPSA) is 44.8 Å². The summed E-state index contributed by atoms with van der Waals surface area (Å²) in [5.41, 5.74) is 1.97. The monoisotopic (exact) mass is 343 g/mol. The van der Waals surface area contributed by atoms with Gasteiger partial charge < -0.3 is 19.9 Å². The molecule has 1 fully saturated rings. The number of hydrogen-bond acceptors (Lipinski definition) is 4. The van der Waals surface area contributed by atoms with Gasteiger partial charge in [-0.2, -0.15) is 0 Å². The van der Waals surface area contributed by atoms with Crippen LogP contribution in [-0.4, -0.2) is 51.1 Å². The minimum absolute atomic E-state index is 0.120. The molecule has 3 rings (SSSR count). The summed E-state index contributed by atoms with van der Waals surface area (Å²) < 4.78 is 18.7. The quantitative estimate of drug-likeness (QED) is 0.927. The SMILES string of the molecule is COc1ccc(C(=O)Nc2ccccc2N2CCN(C)CC2)cc1F. The predicted octanol–water partition coefficient (Wildman–Crippen LogP) is 2.84. The number of rotatable bonds is 4. The third-order valence-corrected chi connectivity index (χ3v) is 4.41. The number of methoxy groups -OCH3 is 1. The highest BCUT2D eigenvalue weighted by Gasteiger charge is 2.18. The molecule has 1 N–H and O–H groups in total. The van der Waals surface area contributed by atoms with Gasteiger partial charge in [0.05, 0.1) is 18.5 Å². The zero-order valence-corrected chi connectivity index (χ0v) is 14.5. The molecule has 1 aliphatic rings. The average molecular weight is 343 g/mol. The number of nitrogens with one attached hydrogen (secondary N) is 1. The fourth-order valence-corrected chi connectivity index (χ4v) is 2.90. The van der Waals surface area contributed by atoms with Gasteiger partial charge in [-0.15, -0.1) is 0 Å². The molecule has 1 aliphatic heterocycles. The van der Waals surface area contributed by atoms with Gasteiger partial charge in [0.2, 0.25) is 0 Å². The standard InChI is InChI=1S/C19H22FN3O2/c1-22-9-11-23(12-10-22)17-6-4-3-5-16(17)21-19(24)14-7-8-18(25-2)15(20)13-14/h3-8,13H,9-12H2,1-2H3,(H,21,24). The summed E-state index contributed by atoms with van der Waals surface area (Å²) in [6, 6.07) is 11.9. The molecule has 1 heterocycles. The Hall–Kier alpha value is -2.60. The molecule has 1 amide bonds. The first-order chi connectivity index (χ1) is 12.1. The van der Waals surface area contributed by atoms with Crippen molar-refractivity contribution in [1.82, 2.24) is 4.90 Å². The van der Waals surface area contributed by atoms with Crippen LogP contribution in [0.25, 0.3) is 0 Å². The van der Waals surface area contributed by atoms with Crippen LogP contribution in [0, 0.1) is 5.82 Å². The molecule has 0 unspecified atom stereocenters. The first-order valence-corrected chi connectivity index (χ1v) is 8.26. The van der Waals surface area contributed by atoms with Crippen molar-refractivity contribution in [2.24, 2.45) is 0 Å². The lowest BCUT2D eigenvalue weighted by molar-refractivity contribution is 0.102. The molecule has 0 atom stereocenters. The largest absolute Gasteiger partial charge is 0.494 e. The zero-order valence-electron chi connectivity index (χ0n) is 14.5. The number of halogens is 1. The number of piperazine rings is 1. The summed E-state index contributed by atoms with van der Waals surface area (Å²) >= 11 is 0. The molecule has 2 aromatic rings. The fraction of sp³-hybridized carbons (Fsp3) is 0.316. The molecular weight excluding hydrogens is 321 g/mol. The van der Waals surface area contributed by atoms with E-state index in [1.807, 2.05) is 24.3 Å². The molecule has 0 aromatic heterocycles. The van der Waals surface area contributed by atoms with Crippen LogP contribution in [0.4, 0.5) is 15.8 Å². The average Bonchev–Trinajstić information content (AvgIpc) is 2.63. The molecule has 0 saturated carbocycles. The van der Waals surface area contributed by atoms with E-state index in [0.29, 0.717) is 0 Å². The van der Waals surface area contributed by atoms with Crippen molar-refractivity contribution in [2.75, 3.05) is 50.6 Å². The fourth-order valence-electron chi connectivity index (χ4n) is 2.90. The molecular formula is C19H22FN3O2. The lowest BCUT2D eigenvalue weighted by atomic mass is 10.1. The minimum Gasteiger partial charge on any atom is -0.494 e. The maximum Gasteiger partial charge on any atom is 0.255 e. The van der Waals surface area contributed by atoms with Crippen LogP contribution in [0.5, 0.6) is 5.75 Å². The Morgan fingerprint density at radius 3 is 2.52 bits per heavy atom. The van der Waals surface area contributed by atoms with Crippen molar-refractivity contribution in [2.45, 2.75) is 0 Å². The molecule has 1 saturated heterocycles. The Balaban J connectivity index is 1.79. The number of carbonyl (C=O) groups is 1. The Kier molecular flexibility index (Phi) is 5.19. The van der Waals surface area contributed by atoms with Gasteiger partial charge in [-0.1, -0.05) is 12.1 Å². The van der Waals surface area contributed by atoms with E-state index in [1.54, 1.807) is 6.07 Å². The second-order valence-electron chi connectivity index (χ2n) is 6.11. The lowest BCUT2D eigenvalue weighted by Crippen LogP contribution is -2.44. The van der Waals surface area contributed by atoms with Gasteiger partial charge in [-0.05, 0) is 37.4 Å². The summed E-state index contributed by atoms with van der Waals surface area (Å²) in [5, 5.41) is 2.90. The number of benzene rings is 2. The van der Waals surface area contributed by atoms with Crippen LogP contribution in [0.2, 0.25) is 0 Å². The number of likely N-dealkylation sites (N-methyl/N-ethyl adjacent to an activating group) is 1. The van der Waals surface area contributed by atoms with E-state index in [4.69, 9.17) is 4.74 Å². The van der Waals surface area contributed by atoms with E-state index in [2.05, 4.69) is 22.2 Å². The maximum absolute atomic E-state index is 13.8. The van der Waals surface area contributed by atoms with Gasteiger partial charge in [0.15, 0.2) is 11.6 Å². The number of para-hydroxylation sites is 2. The molecule has 5 nitrogen and oxygen atoms in total. The van der Waals surface area contributed by atoms with E-state index in [9.17, 15) is 9.18 Å². The second-order valence-corrected chi connectivity index (χ2v) is 6.11. The van der Waals surface area contributed by atoms with Crippen LogP contribution in [0.3, 0.4) is 0 Å². The number of carbonyl (C=O) groups excluding carboxylic acids is 1. The Bertz CT molecular complexity index is 758. The van der Waals surface area contributed by atoms with Gasteiger partial charge in [0.25, 0.3) is 5.91 Å². The van der Waals surface area contributed by atoms with Crippen molar-refractivity contribution in [3.63, 3.8) is 0 Å². The van der Waals surface area contributed by atoms with Crippen LogP contribution >= 0.6 is 0 Å². The molecule has 0 bridgehead atoms. The van der Waals surface area contributed by atoms with Gasteiger partial charge in [-0.25, -0.2) is 4.39 Å². The molecule has 25 heavy (non-hydrogen) atoms. The maximum atomic E-state index is 13.8. The van der Waals surface area contributed by atoms with Crippen LogP contribution < -0.4 is 15.0 Å². The lowest BCUT2D eigenvalue weighted by Gasteiger charge is -2.35. The molecule has 0 spiro atoms. The van der Waals surface area contributed by atoms with E-state index < -0.39 is 5.82 Å². The number of amides is 1. The van der Waals surface area contributed by atoms with Gasteiger partial charge in [-0.3, -0.25) is 4.79 Å². The van der Waals surface area contributed by atoms with Crippen LogP contribution in [0.15, 0.2) is 42.5 Å². The van der Waals surface area contributed by atoms with E-state index in [0.717, 1.165) is 37.6 Å². The highest BCUT2D eigenvalue weighted by atomic mass is 19.1. The van der Waals surface area contributed by atoms with Gasteiger partial charge in [0.1, 0.15) is 0 Å². The first kappa shape index (κ1) is 17.2. The van der Waals surface area contributed by atoms with Crippen molar-refractivity contribution >= 4 is 17.3 Å². The predicted molar refractivity (Wildman–Crippen MR) is 97.1 cm³/mol. The summed E-state index contributed by atoms with van der Waals surface area (Å²) in [7, 11) is 3.49. The Morgan fingerprint density at radius 2 is 1.84 bits per heavy atom. The smallest absolute Gasteiger partial charge is 0.255 e. The molecule has 6 heteroatoms. The summed E-state index contributed by atoms with van der Waals surface area (Å²) in [4.78, 5) is 17.0. The molecule has 2 aromatic carbocycles. The summed E-state index contributed by atoms with van der Waals surface area (Å²) in [6.07, 6.45) is 0. The number of anilines is 2. The highest BCUT2D eigenvalue weighted by Crippen LogP contribution is 2.27.